The average molecular weight is 199 g/mol. The predicted octanol–water partition coefficient (Wildman–Crippen LogP) is 1.20. The summed E-state index contributed by atoms with van der Waals surface area (Å²) in [6, 6.07) is 0.483. The number of hydrogen-bond acceptors (Lipinski definition) is 3. The molecule has 0 aromatic rings. The van der Waals surface area contributed by atoms with E-state index in [4.69, 9.17) is 5.11 Å². The number of Topliss-reactive ketones (excluding diaryl/α,β-unsaturated/α-hetero) is 1. The molecule has 1 unspecified atom stereocenters. The second kappa shape index (κ2) is 6.14. The van der Waals surface area contributed by atoms with Crippen LogP contribution < -0.4 is 0 Å². The lowest BCUT2D eigenvalue weighted by molar-refractivity contribution is -0.117. The number of rotatable bonds is 6. The average Bonchev–Trinajstić information content (AvgIpc) is 2.59. The van der Waals surface area contributed by atoms with Crippen molar-refractivity contribution in [3.8, 4) is 0 Å². The van der Waals surface area contributed by atoms with Crippen LogP contribution in [0, 0.1) is 0 Å². The normalized spacial score (nSPS) is 22.2. The summed E-state index contributed by atoms with van der Waals surface area (Å²) in [6.45, 7) is 1.35. The third kappa shape index (κ3) is 3.76. The van der Waals surface area contributed by atoms with E-state index in [0.29, 0.717) is 18.4 Å². The van der Waals surface area contributed by atoms with Gasteiger partial charge in [0.05, 0.1) is 0 Å². The molecule has 1 aliphatic rings. The molecule has 1 rings (SSSR count). The van der Waals surface area contributed by atoms with Gasteiger partial charge in [0.25, 0.3) is 0 Å². The number of hydrogen-bond donors (Lipinski definition) is 1. The highest BCUT2D eigenvalue weighted by Gasteiger charge is 2.24. The van der Waals surface area contributed by atoms with Gasteiger partial charge in [-0.15, -0.1) is 0 Å². The van der Waals surface area contributed by atoms with Crippen LogP contribution in [0.15, 0.2) is 0 Å². The molecule has 1 aliphatic carbocycles. The number of carbonyl (C=O) groups excluding carboxylic acids is 1. The molecule has 0 heterocycles. The van der Waals surface area contributed by atoms with E-state index in [1.807, 2.05) is 0 Å². The van der Waals surface area contributed by atoms with Crippen molar-refractivity contribution in [2.24, 2.45) is 0 Å². The van der Waals surface area contributed by atoms with Crippen LogP contribution in [-0.2, 0) is 4.79 Å². The minimum atomic E-state index is 0.297. The van der Waals surface area contributed by atoms with Crippen molar-refractivity contribution < 1.29 is 9.90 Å². The standard InChI is InChI=1S/C11H21NO2/c1-12(7-3-2-4-8-13)10-5-6-11(14)9-10/h10,13H,2-9H2,1H3. The fourth-order valence-electron chi connectivity index (χ4n) is 2.00. The fourth-order valence-corrected chi connectivity index (χ4v) is 2.00. The van der Waals surface area contributed by atoms with E-state index in [-0.39, 0.29) is 0 Å². The van der Waals surface area contributed by atoms with E-state index in [0.717, 1.165) is 45.1 Å². The molecule has 1 atom stereocenters. The summed E-state index contributed by atoms with van der Waals surface area (Å²) in [5.74, 6) is 0.414. The van der Waals surface area contributed by atoms with Crippen LogP contribution in [0.5, 0.6) is 0 Å². The molecule has 0 amide bonds. The van der Waals surface area contributed by atoms with Gasteiger partial charge >= 0.3 is 0 Å². The molecule has 0 bridgehead atoms. The molecule has 3 heteroatoms. The van der Waals surface area contributed by atoms with Gasteiger partial charge in [-0.25, -0.2) is 0 Å². The highest BCUT2D eigenvalue weighted by atomic mass is 16.2. The number of ketones is 1. The number of aliphatic hydroxyl groups is 1. The molecule has 0 aromatic heterocycles. The van der Waals surface area contributed by atoms with Gasteiger partial charge in [0.1, 0.15) is 5.78 Å². The first-order valence-electron chi connectivity index (χ1n) is 5.57. The summed E-state index contributed by atoms with van der Waals surface area (Å²) in [5, 5.41) is 8.62. The van der Waals surface area contributed by atoms with E-state index in [2.05, 4.69) is 11.9 Å². The van der Waals surface area contributed by atoms with Gasteiger partial charge in [-0.2, -0.15) is 0 Å². The topological polar surface area (TPSA) is 40.5 Å². The third-order valence-electron chi connectivity index (χ3n) is 3.01. The summed E-state index contributed by atoms with van der Waals surface area (Å²) in [7, 11) is 2.10. The maximum Gasteiger partial charge on any atom is 0.134 e. The minimum absolute atomic E-state index is 0.297. The van der Waals surface area contributed by atoms with Gasteiger partial charge in [-0.3, -0.25) is 4.79 Å². The van der Waals surface area contributed by atoms with Crippen LogP contribution in [-0.4, -0.2) is 42.0 Å². The molecular formula is C11H21NO2. The first kappa shape index (κ1) is 11.7. The molecule has 0 aliphatic heterocycles. The SMILES string of the molecule is CN(CCCCCO)C1CCC(=O)C1. The molecule has 0 aromatic carbocycles. The summed E-state index contributed by atoms with van der Waals surface area (Å²) in [4.78, 5) is 13.4. The zero-order valence-corrected chi connectivity index (χ0v) is 9.04. The van der Waals surface area contributed by atoms with E-state index in [1.54, 1.807) is 0 Å². The van der Waals surface area contributed by atoms with Crippen LogP contribution in [0.3, 0.4) is 0 Å². The molecule has 14 heavy (non-hydrogen) atoms. The quantitative estimate of drug-likeness (QED) is 0.653. The summed E-state index contributed by atoms with van der Waals surface area (Å²) in [5.41, 5.74) is 0. The second-order valence-electron chi connectivity index (χ2n) is 4.20. The Labute approximate surface area is 86.1 Å². The lowest BCUT2D eigenvalue weighted by Gasteiger charge is -2.23. The second-order valence-corrected chi connectivity index (χ2v) is 4.20. The minimum Gasteiger partial charge on any atom is -0.396 e. The van der Waals surface area contributed by atoms with Crippen molar-refractivity contribution in [1.82, 2.24) is 4.90 Å². The third-order valence-corrected chi connectivity index (χ3v) is 3.01. The number of carbonyl (C=O) groups is 1. The van der Waals surface area contributed by atoms with Crippen LogP contribution in [0.4, 0.5) is 0 Å². The maximum absolute atomic E-state index is 11.1. The Kier molecular flexibility index (Phi) is 5.12. The first-order chi connectivity index (χ1) is 6.74. The van der Waals surface area contributed by atoms with E-state index in [9.17, 15) is 4.79 Å². The molecule has 0 spiro atoms. The molecule has 82 valence electrons. The van der Waals surface area contributed by atoms with Gasteiger partial charge in [0, 0.05) is 25.5 Å². The van der Waals surface area contributed by atoms with E-state index < -0.39 is 0 Å². The lowest BCUT2D eigenvalue weighted by Crippen LogP contribution is -2.30. The van der Waals surface area contributed by atoms with Crippen LogP contribution in [0.1, 0.15) is 38.5 Å². The summed E-state index contributed by atoms with van der Waals surface area (Å²) in [6.07, 6.45) is 5.66. The monoisotopic (exact) mass is 199 g/mol. The fraction of sp³-hybridized carbons (Fsp3) is 0.909. The van der Waals surface area contributed by atoms with Crippen molar-refractivity contribution in [2.75, 3.05) is 20.2 Å². The number of aliphatic hydroxyl groups excluding tert-OH is 1. The Morgan fingerprint density at radius 2 is 2.21 bits per heavy atom. The van der Waals surface area contributed by atoms with Gasteiger partial charge in [0.2, 0.25) is 0 Å². The highest BCUT2D eigenvalue weighted by Crippen LogP contribution is 2.19. The van der Waals surface area contributed by atoms with Crippen molar-refractivity contribution in [3.63, 3.8) is 0 Å². The van der Waals surface area contributed by atoms with Gasteiger partial charge in [-0.1, -0.05) is 0 Å². The number of nitrogens with zero attached hydrogens (tertiary/aromatic N) is 1. The van der Waals surface area contributed by atoms with Crippen molar-refractivity contribution in [1.29, 1.82) is 0 Å². The van der Waals surface area contributed by atoms with E-state index in [1.165, 1.54) is 0 Å². The van der Waals surface area contributed by atoms with Crippen LogP contribution in [0.25, 0.3) is 0 Å². The van der Waals surface area contributed by atoms with E-state index >= 15 is 0 Å². The Balaban J connectivity index is 2.09. The Morgan fingerprint density at radius 1 is 1.43 bits per heavy atom. The summed E-state index contributed by atoms with van der Waals surface area (Å²) < 4.78 is 0. The Bertz CT molecular complexity index is 182. The lowest BCUT2D eigenvalue weighted by atomic mass is 10.2. The zero-order valence-electron chi connectivity index (χ0n) is 9.04. The van der Waals surface area contributed by atoms with Crippen molar-refractivity contribution >= 4 is 5.78 Å². The summed E-state index contributed by atoms with van der Waals surface area (Å²) >= 11 is 0. The molecule has 0 saturated heterocycles. The van der Waals surface area contributed by atoms with Gasteiger partial charge < -0.3 is 10.0 Å². The molecule has 1 N–H and O–H groups in total. The Hall–Kier alpha value is -0.410. The number of unbranched alkanes of at least 4 members (excludes halogenated alkanes) is 2. The molecule has 1 fully saturated rings. The smallest absolute Gasteiger partial charge is 0.134 e. The highest BCUT2D eigenvalue weighted by molar-refractivity contribution is 5.81. The van der Waals surface area contributed by atoms with Crippen molar-refractivity contribution in [2.45, 2.75) is 44.6 Å². The van der Waals surface area contributed by atoms with Gasteiger partial charge in [-0.05, 0) is 39.3 Å². The molecule has 3 nitrogen and oxygen atoms in total. The predicted molar refractivity (Wildman–Crippen MR) is 56.2 cm³/mol. The first-order valence-corrected chi connectivity index (χ1v) is 5.57. The molecule has 0 radical (unpaired) electrons. The Morgan fingerprint density at radius 3 is 2.79 bits per heavy atom. The largest absolute Gasteiger partial charge is 0.396 e. The maximum atomic E-state index is 11.1. The zero-order chi connectivity index (χ0) is 10.4. The van der Waals surface area contributed by atoms with Gasteiger partial charge in [0.15, 0.2) is 0 Å². The van der Waals surface area contributed by atoms with Crippen molar-refractivity contribution in [3.05, 3.63) is 0 Å². The van der Waals surface area contributed by atoms with Crippen LogP contribution in [0.2, 0.25) is 0 Å². The van der Waals surface area contributed by atoms with Crippen LogP contribution >= 0.6 is 0 Å². The molecule has 1 saturated carbocycles. The molecular weight excluding hydrogens is 178 g/mol.